The fraction of sp³-hybridized carbons (Fsp3) is 0.174. The normalized spacial score (nSPS) is 15.9. The molecule has 0 amide bonds. The van der Waals surface area contributed by atoms with Gasteiger partial charge in [-0.3, -0.25) is 19.3 Å². The molecule has 33 heavy (non-hydrogen) atoms. The van der Waals surface area contributed by atoms with E-state index in [2.05, 4.69) is 9.97 Å². The molecule has 0 saturated carbocycles. The van der Waals surface area contributed by atoms with Crippen LogP contribution in [-0.2, 0) is 19.1 Å². The average Bonchev–Trinajstić information content (AvgIpc) is 3.15. The average molecular weight is 465 g/mol. The molecule has 0 spiro atoms. The highest BCUT2D eigenvalue weighted by Gasteiger charge is 2.39. The van der Waals surface area contributed by atoms with E-state index in [1.54, 1.807) is 62.1 Å². The van der Waals surface area contributed by atoms with Gasteiger partial charge in [-0.1, -0.05) is 0 Å². The Morgan fingerprint density at radius 3 is 2.33 bits per heavy atom. The first-order valence-corrected chi connectivity index (χ1v) is 10.8. The quantitative estimate of drug-likeness (QED) is 0.536. The zero-order valence-electron chi connectivity index (χ0n) is 17.8. The van der Waals surface area contributed by atoms with Crippen molar-refractivity contribution in [2.75, 3.05) is 13.7 Å². The van der Waals surface area contributed by atoms with Gasteiger partial charge in [-0.2, -0.15) is 0 Å². The van der Waals surface area contributed by atoms with Crippen LogP contribution in [0.15, 0.2) is 59.4 Å². The topological polar surface area (TPSA) is 126 Å². The van der Waals surface area contributed by atoms with E-state index in [-0.39, 0.29) is 23.6 Å². The second-order valence-electron chi connectivity index (χ2n) is 6.98. The van der Waals surface area contributed by atoms with Crippen LogP contribution in [0.2, 0.25) is 0 Å². The van der Waals surface area contributed by atoms with E-state index in [1.807, 2.05) is 0 Å². The zero-order valence-corrected chi connectivity index (χ0v) is 18.7. The molecule has 10 heteroatoms. The standard InChI is InChI=1S/C23H20N4O5S/c1-3-32-23(30)17-16(14-6-10-26-11-7-14)18(22(29)31-2)21-27(19(17)24)20(28)15(33-21)12-13-4-8-25-9-5-13/h4-12,16H,3,24H2,1-2H3/b15-12+/t16-/m0/s1. The van der Waals surface area contributed by atoms with E-state index < -0.39 is 23.4 Å². The monoisotopic (exact) mass is 464 g/mol. The smallest absolute Gasteiger partial charge is 0.338 e. The third-order valence-electron chi connectivity index (χ3n) is 5.09. The minimum absolute atomic E-state index is 0.00805. The molecule has 0 radical (unpaired) electrons. The van der Waals surface area contributed by atoms with Gasteiger partial charge in [-0.25, -0.2) is 9.59 Å². The van der Waals surface area contributed by atoms with E-state index in [1.165, 1.54) is 11.7 Å². The van der Waals surface area contributed by atoms with Crippen LogP contribution in [-0.4, -0.2) is 40.2 Å². The first kappa shape index (κ1) is 22.2. The number of esters is 2. The van der Waals surface area contributed by atoms with Gasteiger partial charge < -0.3 is 15.2 Å². The van der Waals surface area contributed by atoms with Crippen LogP contribution in [0.3, 0.4) is 0 Å². The number of thiazole rings is 1. The summed E-state index contributed by atoms with van der Waals surface area (Å²) in [5, 5.41) is 0. The zero-order chi connectivity index (χ0) is 23.5. The van der Waals surface area contributed by atoms with Gasteiger partial charge in [0.05, 0.1) is 35.3 Å². The van der Waals surface area contributed by atoms with Gasteiger partial charge in [0, 0.05) is 24.8 Å². The van der Waals surface area contributed by atoms with Crippen molar-refractivity contribution in [1.82, 2.24) is 14.5 Å². The molecule has 168 valence electrons. The molecule has 1 atom stereocenters. The fourth-order valence-corrected chi connectivity index (χ4v) is 4.83. The summed E-state index contributed by atoms with van der Waals surface area (Å²) in [5.74, 6) is -2.39. The van der Waals surface area contributed by atoms with Gasteiger partial charge in [0.15, 0.2) is 0 Å². The number of nitrogens with zero attached hydrogens (tertiary/aromatic N) is 3. The van der Waals surface area contributed by atoms with Gasteiger partial charge >= 0.3 is 11.9 Å². The number of aromatic nitrogens is 3. The van der Waals surface area contributed by atoms with Gasteiger partial charge in [0.2, 0.25) is 0 Å². The number of carbonyl (C=O) groups is 2. The van der Waals surface area contributed by atoms with Crippen LogP contribution >= 0.6 is 11.3 Å². The number of nitrogens with two attached hydrogens (primary N) is 1. The molecule has 3 aromatic heterocycles. The van der Waals surface area contributed by atoms with Crippen LogP contribution in [0, 0.1) is 0 Å². The number of rotatable bonds is 5. The molecule has 0 saturated heterocycles. The molecule has 1 aliphatic rings. The van der Waals surface area contributed by atoms with E-state index in [4.69, 9.17) is 15.2 Å². The summed E-state index contributed by atoms with van der Waals surface area (Å²) in [6, 6.07) is 6.84. The summed E-state index contributed by atoms with van der Waals surface area (Å²) in [6.07, 6.45) is 7.97. The predicted molar refractivity (Wildman–Crippen MR) is 122 cm³/mol. The maximum Gasteiger partial charge on any atom is 0.338 e. The predicted octanol–water partition coefficient (Wildman–Crippen LogP) is 0.340. The van der Waals surface area contributed by atoms with E-state index >= 15 is 0 Å². The molecule has 0 aromatic carbocycles. The van der Waals surface area contributed by atoms with Crippen LogP contribution in [0.25, 0.3) is 17.5 Å². The maximum absolute atomic E-state index is 13.3. The number of fused-ring (bicyclic) bond motifs is 1. The summed E-state index contributed by atoms with van der Waals surface area (Å²) in [7, 11) is 1.24. The largest absolute Gasteiger partial charge is 0.466 e. The molecule has 0 fully saturated rings. The van der Waals surface area contributed by atoms with Crippen molar-refractivity contribution in [3.8, 4) is 0 Å². The first-order chi connectivity index (χ1) is 16.0. The minimum Gasteiger partial charge on any atom is -0.466 e. The van der Waals surface area contributed by atoms with Crippen molar-refractivity contribution < 1.29 is 19.1 Å². The molecule has 3 aromatic rings. The second kappa shape index (κ2) is 9.21. The van der Waals surface area contributed by atoms with Gasteiger partial charge in [-0.05, 0) is 48.4 Å². The Hall–Kier alpha value is -4.05. The van der Waals surface area contributed by atoms with Crippen molar-refractivity contribution in [2.45, 2.75) is 12.8 Å². The SMILES string of the molecule is CCOC(=O)C1=C(N)n2c(s/c(=C/c3ccncc3)c2=O)=C(C(=O)OC)[C@H]1c1ccncc1. The van der Waals surface area contributed by atoms with Crippen molar-refractivity contribution in [3.63, 3.8) is 0 Å². The number of pyridine rings is 2. The van der Waals surface area contributed by atoms with Crippen LogP contribution in [0.1, 0.15) is 24.0 Å². The summed E-state index contributed by atoms with van der Waals surface area (Å²) in [4.78, 5) is 47.3. The van der Waals surface area contributed by atoms with Crippen LogP contribution in [0.4, 0.5) is 0 Å². The molecular weight excluding hydrogens is 444 g/mol. The Balaban J connectivity index is 2.12. The molecule has 0 bridgehead atoms. The Morgan fingerprint density at radius 2 is 1.73 bits per heavy atom. The molecular formula is C23H20N4O5S. The van der Waals surface area contributed by atoms with Crippen LogP contribution in [0.5, 0.6) is 0 Å². The Bertz CT molecular complexity index is 1420. The number of hydrogen-bond donors (Lipinski definition) is 1. The molecule has 4 rings (SSSR count). The highest BCUT2D eigenvalue weighted by molar-refractivity contribution is 7.07. The van der Waals surface area contributed by atoms with Crippen molar-refractivity contribution in [3.05, 3.63) is 85.3 Å². The Kier molecular flexibility index (Phi) is 6.18. The summed E-state index contributed by atoms with van der Waals surface area (Å²) in [5.41, 5.74) is 7.40. The highest BCUT2D eigenvalue weighted by atomic mass is 32.1. The minimum atomic E-state index is -0.897. The summed E-state index contributed by atoms with van der Waals surface area (Å²) < 4.78 is 12.1. The molecule has 4 heterocycles. The third kappa shape index (κ3) is 3.96. The fourth-order valence-electron chi connectivity index (χ4n) is 3.66. The van der Waals surface area contributed by atoms with Gasteiger partial charge in [-0.15, -0.1) is 11.3 Å². The number of methoxy groups -OCH3 is 1. The molecule has 9 nitrogen and oxygen atoms in total. The summed E-state index contributed by atoms with van der Waals surface area (Å²) >= 11 is 1.09. The number of ether oxygens (including phenoxy) is 2. The molecule has 0 unspecified atom stereocenters. The van der Waals surface area contributed by atoms with Crippen molar-refractivity contribution in [1.29, 1.82) is 0 Å². The lowest BCUT2D eigenvalue weighted by molar-refractivity contribution is -0.138. The van der Waals surface area contributed by atoms with E-state index in [0.29, 0.717) is 14.8 Å². The molecule has 2 N–H and O–H groups in total. The number of hydrogen-bond acceptors (Lipinski definition) is 9. The van der Waals surface area contributed by atoms with E-state index in [0.717, 1.165) is 16.9 Å². The number of carbonyl (C=O) groups excluding carboxylic acids is 2. The lowest BCUT2D eigenvalue weighted by Crippen LogP contribution is -2.41. The Labute approximate surface area is 192 Å². The Morgan fingerprint density at radius 1 is 1.09 bits per heavy atom. The van der Waals surface area contributed by atoms with Crippen LogP contribution < -0.4 is 20.5 Å². The summed E-state index contributed by atoms with van der Waals surface area (Å²) in [6.45, 7) is 1.76. The van der Waals surface area contributed by atoms with Gasteiger partial charge in [0.25, 0.3) is 5.56 Å². The third-order valence-corrected chi connectivity index (χ3v) is 6.20. The van der Waals surface area contributed by atoms with Crippen molar-refractivity contribution >= 4 is 40.7 Å². The lowest BCUT2D eigenvalue weighted by atomic mass is 9.83. The maximum atomic E-state index is 13.3. The van der Waals surface area contributed by atoms with Gasteiger partial charge in [0.1, 0.15) is 10.5 Å². The van der Waals surface area contributed by atoms with Crippen molar-refractivity contribution in [2.24, 2.45) is 5.73 Å². The second-order valence-corrected chi connectivity index (χ2v) is 8.01. The first-order valence-electron chi connectivity index (χ1n) is 10.0. The lowest BCUT2D eigenvalue weighted by Gasteiger charge is -2.26. The molecule has 0 aliphatic carbocycles. The highest BCUT2D eigenvalue weighted by Crippen LogP contribution is 2.37. The van der Waals surface area contributed by atoms with E-state index in [9.17, 15) is 14.4 Å². The molecule has 1 aliphatic heterocycles.